The zero-order valence-corrected chi connectivity index (χ0v) is 17.6. The third kappa shape index (κ3) is 5.69. The Morgan fingerprint density at radius 2 is 1.93 bits per heavy atom. The molecule has 3 rings (SSSR count). The highest BCUT2D eigenvalue weighted by Gasteiger charge is 2.26. The summed E-state index contributed by atoms with van der Waals surface area (Å²) >= 11 is 6.18. The van der Waals surface area contributed by atoms with E-state index in [2.05, 4.69) is 15.6 Å². The number of rotatable bonds is 4. The Bertz CT molecular complexity index is 869. The predicted octanol–water partition coefficient (Wildman–Crippen LogP) is 3.30. The van der Waals surface area contributed by atoms with Crippen molar-refractivity contribution in [2.24, 2.45) is 5.92 Å². The lowest BCUT2D eigenvalue weighted by atomic mass is 9.96. The molecule has 0 bridgehead atoms. The second-order valence-electron chi connectivity index (χ2n) is 8.12. The summed E-state index contributed by atoms with van der Waals surface area (Å²) < 4.78 is 6.76. The van der Waals surface area contributed by atoms with Gasteiger partial charge in [-0.2, -0.15) is 0 Å². The third-order valence-corrected chi connectivity index (χ3v) is 4.97. The van der Waals surface area contributed by atoms with Crippen molar-refractivity contribution in [2.75, 3.05) is 19.6 Å². The molecule has 0 unspecified atom stereocenters. The maximum atomic E-state index is 12.7. The van der Waals surface area contributed by atoms with Crippen molar-refractivity contribution in [1.29, 1.82) is 0 Å². The first kappa shape index (κ1) is 21.1. The molecule has 2 amide bonds. The smallest absolute Gasteiger partial charge is 0.407 e. The first-order valence-corrected chi connectivity index (χ1v) is 10.0. The van der Waals surface area contributed by atoms with Crippen molar-refractivity contribution in [3.05, 3.63) is 41.2 Å². The quantitative estimate of drug-likeness (QED) is 0.821. The number of ether oxygens (including phenoxy) is 1. The molecule has 1 N–H and O–H groups in total. The van der Waals surface area contributed by atoms with Gasteiger partial charge in [-0.15, -0.1) is 5.10 Å². The molecule has 0 atom stereocenters. The van der Waals surface area contributed by atoms with Crippen LogP contribution in [0.3, 0.4) is 0 Å². The second kappa shape index (κ2) is 8.82. The van der Waals surface area contributed by atoms with Gasteiger partial charge in [0.25, 0.3) is 5.91 Å². The lowest BCUT2D eigenvalue weighted by molar-refractivity contribution is 0.0499. The lowest BCUT2D eigenvalue weighted by Gasteiger charge is -2.31. The van der Waals surface area contributed by atoms with Crippen LogP contribution in [0.4, 0.5) is 4.79 Å². The summed E-state index contributed by atoms with van der Waals surface area (Å²) in [4.78, 5) is 26.3. The average Bonchev–Trinajstić information content (AvgIpc) is 3.15. The van der Waals surface area contributed by atoms with Gasteiger partial charge in [0.1, 0.15) is 5.60 Å². The molecule has 0 spiro atoms. The molecule has 156 valence electrons. The number of benzene rings is 1. The lowest BCUT2D eigenvalue weighted by Crippen LogP contribution is -2.42. The highest BCUT2D eigenvalue weighted by molar-refractivity contribution is 6.32. The van der Waals surface area contributed by atoms with Crippen LogP contribution in [-0.4, -0.2) is 57.1 Å². The molecule has 1 aliphatic heterocycles. The summed E-state index contributed by atoms with van der Waals surface area (Å²) in [6.45, 7) is 7.26. The number of hydrogen-bond donors (Lipinski definition) is 1. The van der Waals surface area contributed by atoms with Gasteiger partial charge in [-0.05, 0) is 51.7 Å². The largest absolute Gasteiger partial charge is 0.444 e. The molecule has 8 nitrogen and oxygen atoms in total. The van der Waals surface area contributed by atoms with E-state index in [-0.39, 0.29) is 11.6 Å². The molecular weight excluding hydrogens is 394 g/mol. The van der Waals surface area contributed by atoms with E-state index in [9.17, 15) is 9.59 Å². The van der Waals surface area contributed by atoms with Crippen LogP contribution in [0, 0.1) is 5.92 Å². The van der Waals surface area contributed by atoms with Gasteiger partial charge in [0.15, 0.2) is 5.69 Å². The van der Waals surface area contributed by atoms with Gasteiger partial charge in [-0.3, -0.25) is 4.79 Å². The van der Waals surface area contributed by atoms with Gasteiger partial charge >= 0.3 is 6.09 Å². The molecule has 2 aromatic rings. The maximum absolute atomic E-state index is 12.7. The molecular formula is C20H26ClN5O3. The zero-order valence-electron chi connectivity index (χ0n) is 16.9. The first-order valence-electron chi connectivity index (χ1n) is 9.66. The highest BCUT2D eigenvalue weighted by Crippen LogP contribution is 2.21. The molecule has 29 heavy (non-hydrogen) atoms. The maximum Gasteiger partial charge on any atom is 0.407 e. The van der Waals surface area contributed by atoms with Gasteiger partial charge in [0, 0.05) is 19.6 Å². The number of piperidine rings is 1. The number of likely N-dealkylation sites (tertiary alicyclic amines) is 1. The Hall–Kier alpha value is -2.61. The standard InChI is InChI=1S/C20H26ClN5O3/c1-20(2,3)29-19(28)22-12-14-8-10-25(11-9-14)18(27)16-13-26(24-23-16)17-7-5-4-6-15(17)21/h4-7,13-14H,8-12H2,1-3H3,(H,22,28). The van der Waals surface area contributed by atoms with E-state index in [1.165, 1.54) is 4.68 Å². The van der Waals surface area contributed by atoms with Crippen LogP contribution in [0.5, 0.6) is 0 Å². The summed E-state index contributed by atoms with van der Waals surface area (Å²) in [5.74, 6) is 0.159. The minimum Gasteiger partial charge on any atom is -0.444 e. The number of halogens is 1. The van der Waals surface area contributed by atoms with E-state index in [4.69, 9.17) is 16.3 Å². The Balaban J connectivity index is 1.51. The van der Waals surface area contributed by atoms with Crippen LogP contribution in [0.15, 0.2) is 30.5 Å². The van der Waals surface area contributed by atoms with E-state index >= 15 is 0 Å². The van der Waals surface area contributed by atoms with Gasteiger partial charge < -0.3 is 15.0 Å². The second-order valence-corrected chi connectivity index (χ2v) is 8.53. The number of aromatic nitrogens is 3. The molecule has 0 radical (unpaired) electrons. The Morgan fingerprint density at radius 3 is 2.59 bits per heavy atom. The fourth-order valence-corrected chi connectivity index (χ4v) is 3.38. The average molecular weight is 420 g/mol. The number of alkyl carbamates (subject to hydrolysis) is 1. The Morgan fingerprint density at radius 1 is 1.24 bits per heavy atom. The van der Waals surface area contributed by atoms with Crippen molar-refractivity contribution in [3.8, 4) is 5.69 Å². The van der Waals surface area contributed by atoms with Crippen molar-refractivity contribution >= 4 is 23.6 Å². The third-order valence-electron chi connectivity index (χ3n) is 4.65. The summed E-state index contributed by atoms with van der Waals surface area (Å²) in [7, 11) is 0. The van der Waals surface area contributed by atoms with Gasteiger partial charge in [0.05, 0.1) is 16.9 Å². The molecule has 9 heteroatoms. The minimum atomic E-state index is -0.513. The first-order chi connectivity index (χ1) is 13.7. The fourth-order valence-electron chi connectivity index (χ4n) is 3.16. The number of hydrogen-bond acceptors (Lipinski definition) is 5. The van der Waals surface area contributed by atoms with Crippen LogP contribution in [0.2, 0.25) is 5.02 Å². The fraction of sp³-hybridized carbons (Fsp3) is 0.500. The number of carbonyl (C=O) groups is 2. The molecule has 0 aliphatic carbocycles. The molecule has 0 saturated carbocycles. The number of nitrogens with zero attached hydrogens (tertiary/aromatic N) is 4. The minimum absolute atomic E-state index is 0.151. The van der Waals surface area contributed by atoms with Crippen molar-refractivity contribution < 1.29 is 14.3 Å². The van der Waals surface area contributed by atoms with Crippen LogP contribution in [0.25, 0.3) is 5.69 Å². The van der Waals surface area contributed by atoms with Crippen molar-refractivity contribution in [2.45, 2.75) is 39.2 Å². The highest BCUT2D eigenvalue weighted by atomic mass is 35.5. The van der Waals surface area contributed by atoms with Crippen LogP contribution < -0.4 is 5.32 Å². The van der Waals surface area contributed by atoms with Gasteiger partial charge in [0.2, 0.25) is 0 Å². The Labute approximate surface area is 175 Å². The summed E-state index contributed by atoms with van der Waals surface area (Å²) in [5.41, 5.74) is 0.448. The zero-order chi connectivity index (χ0) is 21.0. The Kier molecular flexibility index (Phi) is 6.42. The topological polar surface area (TPSA) is 89.4 Å². The van der Waals surface area contributed by atoms with Crippen LogP contribution in [0.1, 0.15) is 44.1 Å². The summed E-state index contributed by atoms with van der Waals surface area (Å²) in [5, 5.41) is 11.4. The van der Waals surface area contributed by atoms with E-state index in [1.807, 2.05) is 39.0 Å². The molecule has 1 aromatic carbocycles. The SMILES string of the molecule is CC(C)(C)OC(=O)NCC1CCN(C(=O)c2cn(-c3ccccc3Cl)nn2)CC1. The molecule has 1 saturated heterocycles. The number of nitrogens with one attached hydrogen (secondary N) is 1. The van der Waals surface area contributed by atoms with Crippen LogP contribution >= 0.6 is 11.6 Å². The summed E-state index contributed by atoms with van der Waals surface area (Å²) in [6.07, 6.45) is 2.80. The predicted molar refractivity (Wildman–Crippen MR) is 109 cm³/mol. The van der Waals surface area contributed by atoms with E-state index in [0.29, 0.717) is 36.3 Å². The van der Waals surface area contributed by atoms with Crippen molar-refractivity contribution in [1.82, 2.24) is 25.2 Å². The van der Waals surface area contributed by atoms with Crippen LogP contribution in [-0.2, 0) is 4.74 Å². The normalized spacial score (nSPS) is 15.2. The van der Waals surface area contributed by atoms with Gasteiger partial charge in [-0.25, -0.2) is 9.48 Å². The number of amides is 2. The van der Waals surface area contributed by atoms with Gasteiger partial charge in [-0.1, -0.05) is 28.9 Å². The number of carbonyl (C=O) groups excluding carboxylic acids is 2. The molecule has 1 aromatic heterocycles. The molecule has 2 heterocycles. The van der Waals surface area contributed by atoms with Crippen molar-refractivity contribution in [3.63, 3.8) is 0 Å². The van der Waals surface area contributed by atoms with E-state index in [0.717, 1.165) is 12.8 Å². The number of para-hydroxylation sites is 1. The summed E-state index contributed by atoms with van der Waals surface area (Å²) in [6, 6.07) is 7.25. The molecule has 1 fully saturated rings. The van der Waals surface area contributed by atoms with E-state index in [1.54, 1.807) is 17.2 Å². The molecule has 1 aliphatic rings. The van der Waals surface area contributed by atoms with E-state index < -0.39 is 11.7 Å². The monoisotopic (exact) mass is 419 g/mol.